The largest absolute Gasteiger partial charge is 0.496 e. The number of ether oxygens (including phenoxy) is 3. The second-order valence-electron chi connectivity index (χ2n) is 9.62. The fourth-order valence-electron chi connectivity index (χ4n) is 4.69. The molecule has 2 heterocycles. The Morgan fingerprint density at radius 2 is 1.75 bits per heavy atom. The molecule has 6 rings (SSSR count). The molecule has 0 spiro atoms. The first-order valence-electron chi connectivity index (χ1n) is 13.3. The summed E-state index contributed by atoms with van der Waals surface area (Å²) < 4.78 is 24.2. The predicted octanol–water partition coefficient (Wildman–Crippen LogP) is 6.64. The van der Waals surface area contributed by atoms with Gasteiger partial charge in [-0.3, -0.25) is 4.79 Å². The molecule has 0 radical (unpaired) electrons. The molecular weight excluding hydrogens is 586 g/mol. The summed E-state index contributed by atoms with van der Waals surface area (Å²) in [4.78, 5) is 29.5. The number of rotatable bonds is 9. The quantitative estimate of drug-likeness (QED) is 0.181. The van der Waals surface area contributed by atoms with Crippen molar-refractivity contribution >= 4 is 45.7 Å². The predicted molar refractivity (Wildman–Crippen MR) is 166 cm³/mol. The van der Waals surface area contributed by atoms with Gasteiger partial charge < -0.3 is 23.7 Å². The van der Waals surface area contributed by atoms with Gasteiger partial charge in [-0.05, 0) is 65.7 Å². The van der Waals surface area contributed by atoms with Crippen LogP contribution in [0.15, 0.2) is 99.2 Å². The van der Waals surface area contributed by atoms with E-state index in [0.29, 0.717) is 45.1 Å². The van der Waals surface area contributed by atoms with E-state index in [-0.39, 0.29) is 28.6 Å². The lowest BCUT2D eigenvalue weighted by Crippen LogP contribution is -2.20. The summed E-state index contributed by atoms with van der Waals surface area (Å²) in [6.45, 7) is 0.132. The molecule has 6 aromatic rings. The molecule has 220 valence electrons. The lowest BCUT2D eigenvalue weighted by Gasteiger charge is -2.13. The van der Waals surface area contributed by atoms with Crippen LogP contribution in [0.3, 0.4) is 0 Å². The molecule has 0 atom stereocenters. The van der Waals surface area contributed by atoms with Crippen LogP contribution in [0.25, 0.3) is 33.5 Å². The highest BCUT2D eigenvalue weighted by atomic mass is 35.5. The van der Waals surface area contributed by atoms with Crippen molar-refractivity contribution in [3.8, 4) is 28.8 Å². The van der Waals surface area contributed by atoms with Crippen LogP contribution in [-0.2, 0) is 6.61 Å². The van der Waals surface area contributed by atoms with Gasteiger partial charge in [-0.1, -0.05) is 41.9 Å². The Morgan fingerprint density at radius 1 is 0.977 bits per heavy atom. The van der Waals surface area contributed by atoms with Crippen LogP contribution < -0.4 is 19.8 Å². The molecule has 4 aromatic carbocycles. The lowest BCUT2D eigenvalue weighted by atomic mass is 10.1. The number of furan rings is 1. The Kier molecular flexibility index (Phi) is 7.74. The molecule has 0 amide bonds. The highest BCUT2D eigenvalue weighted by molar-refractivity contribution is 6.32. The minimum atomic E-state index is -1.01. The van der Waals surface area contributed by atoms with Gasteiger partial charge in [0.15, 0.2) is 17.3 Å². The molecule has 1 N–H and O–H groups in total. The average molecular weight is 610 g/mol. The molecule has 0 saturated heterocycles. The topological polar surface area (TPSA) is 125 Å². The van der Waals surface area contributed by atoms with Crippen LogP contribution in [-0.4, -0.2) is 41.2 Å². The van der Waals surface area contributed by atoms with Gasteiger partial charge in [-0.15, -0.1) is 0 Å². The summed E-state index contributed by atoms with van der Waals surface area (Å²) in [7, 11) is 3.05. The van der Waals surface area contributed by atoms with Crippen molar-refractivity contribution in [2.24, 2.45) is 5.10 Å². The summed E-state index contributed by atoms with van der Waals surface area (Å²) in [5, 5.41) is 15.0. The number of para-hydroxylation sites is 1. The van der Waals surface area contributed by atoms with Gasteiger partial charge in [-0.25, -0.2) is 9.78 Å². The Labute approximate surface area is 255 Å². The van der Waals surface area contributed by atoms with Gasteiger partial charge in [0.05, 0.1) is 47.3 Å². The van der Waals surface area contributed by atoms with E-state index in [2.05, 4.69) is 5.10 Å². The second-order valence-corrected chi connectivity index (χ2v) is 10.0. The number of carboxylic acids is 1. The molecule has 11 heteroatoms. The smallest absolute Gasteiger partial charge is 0.335 e. The number of carboxylic acid groups (broad SMARTS) is 1. The molecule has 10 nitrogen and oxygen atoms in total. The third-order valence-electron chi connectivity index (χ3n) is 6.87. The van der Waals surface area contributed by atoms with Gasteiger partial charge in [-0.2, -0.15) is 9.78 Å². The van der Waals surface area contributed by atoms with Crippen LogP contribution in [0.1, 0.15) is 21.5 Å². The van der Waals surface area contributed by atoms with E-state index in [4.69, 9.17) is 40.3 Å². The van der Waals surface area contributed by atoms with Crippen LogP contribution in [0, 0.1) is 0 Å². The number of nitrogens with zero attached hydrogens (tertiary/aromatic N) is 3. The molecule has 0 saturated carbocycles. The summed E-state index contributed by atoms with van der Waals surface area (Å²) in [6.07, 6.45) is 1.47. The Morgan fingerprint density at radius 3 is 2.50 bits per heavy atom. The van der Waals surface area contributed by atoms with Crippen molar-refractivity contribution in [1.29, 1.82) is 0 Å². The maximum atomic E-state index is 13.6. The number of carbonyl (C=O) groups is 1. The Balaban J connectivity index is 1.37. The average Bonchev–Trinajstić information content (AvgIpc) is 3.48. The van der Waals surface area contributed by atoms with E-state index in [9.17, 15) is 9.59 Å². The van der Waals surface area contributed by atoms with Crippen LogP contribution >= 0.6 is 11.6 Å². The number of aromatic carboxylic acids is 1. The molecular formula is C33H24ClN3O7. The molecule has 0 bridgehead atoms. The molecule has 44 heavy (non-hydrogen) atoms. The Bertz CT molecular complexity index is 2120. The highest BCUT2D eigenvalue weighted by Crippen LogP contribution is 2.37. The minimum Gasteiger partial charge on any atom is -0.496 e. The summed E-state index contributed by atoms with van der Waals surface area (Å²) in [6, 6.07) is 23.8. The molecule has 2 aromatic heterocycles. The number of hydrogen-bond acceptors (Lipinski definition) is 8. The standard InChI is InChI=1S/C33H24ClN3O7/c1-41-26-8-5-9-27-23(26)16-29(44-27)31-36-25-7-4-3-6-22(25)32(38)37(31)35-17-20-14-24(34)30(28(15-20)42-2)43-18-19-10-12-21(13-11-19)33(39)40/h3-17H,18H2,1-2H3,(H,39,40). The van der Waals surface area contributed by atoms with Crippen LogP contribution in [0.4, 0.5) is 0 Å². The van der Waals surface area contributed by atoms with Crippen molar-refractivity contribution in [1.82, 2.24) is 9.66 Å². The number of aromatic nitrogens is 2. The maximum Gasteiger partial charge on any atom is 0.335 e. The zero-order valence-electron chi connectivity index (χ0n) is 23.5. The van der Waals surface area contributed by atoms with Gasteiger partial charge >= 0.3 is 5.97 Å². The Hall–Kier alpha value is -5.61. The monoisotopic (exact) mass is 609 g/mol. The van der Waals surface area contributed by atoms with E-state index >= 15 is 0 Å². The van der Waals surface area contributed by atoms with Gasteiger partial charge in [0.25, 0.3) is 5.56 Å². The number of fused-ring (bicyclic) bond motifs is 2. The first-order valence-corrected chi connectivity index (χ1v) is 13.7. The second kappa shape index (κ2) is 11.9. The molecule has 0 unspecified atom stereocenters. The van der Waals surface area contributed by atoms with E-state index in [1.54, 1.807) is 67.8 Å². The molecule has 0 aliphatic rings. The SMILES string of the molecule is COc1cc(C=Nn2c(-c3cc4c(OC)cccc4o3)nc3ccccc3c2=O)cc(Cl)c1OCc1ccc(C(=O)O)cc1. The van der Waals surface area contributed by atoms with Crippen molar-refractivity contribution < 1.29 is 28.5 Å². The van der Waals surface area contributed by atoms with Crippen molar-refractivity contribution in [2.75, 3.05) is 14.2 Å². The number of benzene rings is 4. The molecule has 0 aliphatic carbocycles. The summed E-state index contributed by atoms with van der Waals surface area (Å²) in [5.74, 6) is 0.795. The first-order chi connectivity index (χ1) is 21.4. The van der Waals surface area contributed by atoms with Crippen molar-refractivity contribution in [3.63, 3.8) is 0 Å². The fourth-order valence-corrected chi connectivity index (χ4v) is 4.96. The number of halogens is 1. The first kappa shape index (κ1) is 28.5. The van der Waals surface area contributed by atoms with Gasteiger partial charge in [0.1, 0.15) is 17.9 Å². The van der Waals surface area contributed by atoms with Crippen molar-refractivity contribution in [2.45, 2.75) is 6.61 Å². The number of hydrogen-bond donors (Lipinski definition) is 1. The van der Waals surface area contributed by atoms with Crippen molar-refractivity contribution in [3.05, 3.63) is 117 Å². The third kappa shape index (κ3) is 5.46. The fraction of sp³-hybridized carbons (Fsp3) is 0.0909. The van der Waals surface area contributed by atoms with E-state index in [1.165, 1.54) is 30.1 Å². The van der Waals surface area contributed by atoms with E-state index < -0.39 is 5.97 Å². The zero-order chi connectivity index (χ0) is 30.8. The molecule has 0 fully saturated rings. The molecule has 0 aliphatic heterocycles. The number of methoxy groups -OCH3 is 2. The van der Waals surface area contributed by atoms with E-state index in [0.717, 1.165) is 10.9 Å². The van der Waals surface area contributed by atoms with Crippen LogP contribution in [0.5, 0.6) is 17.2 Å². The normalized spacial score (nSPS) is 11.3. The van der Waals surface area contributed by atoms with Gasteiger partial charge in [0, 0.05) is 0 Å². The lowest BCUT2D eigenvalue weighted by molar-refractivity contribution is 0.0697. The minimum absolute atomic E-state index is 0.132. The van der Waals surface area contributed by atoms with Gasteiger partial charge in [0.2, 0.25) is 5.82 Å². The summed E-state index contributed by atoms with van der Waals surface area (Å²) in [5.41, 5.74) is 2.13. The highest BCUT2D eigenvalue weighted by Gasteiger charge is 2.18. The van der Waals surface area contributed by atoms with E-state index in [1.807, 2.05) is 12.1 Å². The summed E-state index contributed by atoms with van der Waals surface area (Å²) >= 11 is 6.59. The third-order valence-corrected chi connectivity index (χ3v) is 7.15. The van der Waals surface area contributed by atoms with Crippen LogP contribution in [0.2, 0.25) is 5.02 Å². The zero-order valence-corrected chi connectivity index (χ0v) is 24.2. The maximum absolute atomic E-state index is 13.6.